The summed E-state index contributed by atoms with van der Waals surface area (Å²) in [6, 6.07) is 4.52. The van der Waals surface area contributed by atoms with Gasteiger partial charge in [-0.3, -0.25) is 9.53 Å². The summed E-state index contributed by atoms with van der Waals surface area (Å²) in [6.45, 7) is 0.0985. The average molecular weight is 357 g/mol. The second kappa shape index (κ2) is 6.83. The Balaban J connectivity index is 1.49. The second-order valence-electron chi connectivity index (χ2n) is 5.83. The number of carbonyl (C=O) groups is 1. The molecule has 0 aliphatic heterocycles. The van der Waals surface area contributed by atoms with E-state index in [0.717, 1.165) is 0 Å². The topological polar surface area (TPSA) is 56.2 Å². The first-order valence-electron chi connectivity index (χ1n) is 7.61. The maximum atomic E-state index is 14.1. The van der Waals surface area contributed by atoms with Crippen molar-refractivity contribution in [1.82, 2.24) is 14.9 Å². The van der Waals surface area contributed by atoms with Crippen LogP contribution in [0.25, 0.3) is 5.69 Å². The number of nitrogens with one attached hydrogen (secondary N) is 1. The number of imidazole rings is 1. The van der Waals surface area contributed by atoms with Gasteiger partial charge in [-0.05, 0) is 30.5 Å². The molecule has 1 N–H and O–H groups in total. The van der Waals surface area contributed by atoms with Gasteiger partial charge in [0, 0.05) is 24.9 Å². The van der Waals surface area contributed by atoms with E-state index in [1.807, 2.05) is 0 Å². The zero-order valence-corrected chi connectivity index (χ0v) is 13.0. The molecule has 1 amide bonds. The monoisotopic (exact) mass is 357 g/mol. The van der Waals surface area contributed by atoms with Gasteiger partial charge in [0.1, 0.15) is 5.82 Å². The van der Waals surface area contributed by atoms with Crippen molar-refractivity contribution < 1.29 is 27.1 Å². The van der Waals surface area contributed by atoms with Crippen LogP contribution in [0.3, 0.4) is 0 Å². The summed E-state index contributed by atoms with van der Waals surface area (Å²) < 4.78 is 55.6. The molecule has 0 unspecified atom stereocenters. The molecule has 1 aromatic carbocycles. The number of benzene rings is 1. The first-order chi connectivity index (χ1) is 11.8. The van der Waals surface area contributed by atoms with Crippen LogP contribution in [0.2, 0.25) is 0 Å². The summed E-state index contributed by atoms with van der Waals surface area (Å²) in [5.74, 6) is -1.34. The summed E-state index contributed by atoms with van der Waals surface area (Å²) in [4.78, 5) is 15.7. The minimum absolute atomic E-state index is 0.0271. The SMILES string of the molecule is O=C(NCc1ccc(-n2ccnc2)c(F)c1)C1CC(OC(F)(F)F)C1. The molecule has 0 atom stereocenters. The van der Waals surface area contributed by atoms with Crippen molar-refractivity contribution in [3.8, 4) is 5.69 Å². The summed E-state index contributed by atoms with van der Waals surface area (Å²) in [5, 5.41) is 2.60. The molecule has 3 rings (SSSR count). The van der Waals surface area contributed by atoms with E-state index in [1.165, 1.54) is 23.2 Å². The van der Waals surface area contributed by atoms with Gasteiger partial charge in [-0.2, -0.15) is 0 Å². The lowest BCUT2D eigenvalue weighted by Crippen LogP contribution is -2.43. The quantitative estimate of drug-likeness (QED) is 0.837. The normalized spacial score (nSPS) is 20.2. The summed E-state index contributed by atoms with van der Waals surface area (Å²) in [5.41, 5.74) is 0.885. The van der Waals surface area contributed by atoms with Crippen LogP contribution in [-0.2, 0) is 16.1 Å². The lowest BCUT2D eigenvalue weighted by atomic mass is 9.81. The molecule has 9 heteroatoms. The number of ether oxygens (including phenoxy) is 1. The number of rotatable bonds is 5. The maximum Gasteiger partial charge on any atom is 0.522 e. The Hall–Kier alpha value is -2.42. The third kappa shape index (κ3) is 4.36. The van der Waals surface area contributed by atoms with Gasteiger partial charge in [-0.1, -0.05) is 6.07 Å². The van der Waals surface area contributed by atoms with E-state index in [0.29, 0.717) is 11.3 Å². The first-order valence-corrected chi connectivity index (χ1v) is 7.61. The zero-order valence-electron chi connectivity index (χ0n) is 13.0. The van der Waals surface area contributed by atoms with Crippen molar-refractivity contribution in [3.05, 3.63) is 48.3 Å². The van der Waals surface area contributed by atoms with Crippen LogP contribution in [-0.4, -0.2) is 27.9 Å². The van der Waals surface area contributed by atoms with Crippen LogP contribution in [0.5, 0.6) is 0 Å². The fourth-order valence-corrected chi connectivity index (χ4v) is 2.67. The van der Waals surface area contributed by atoms with Gasteiger partial charge in [0.05, 0.1) is 18.1 Å². The van der Waals surface area contributed by atoms with Gasteiger partial charge in [0.25, 0.3) is 0 Å². The molecule has 2 aromatic rings. The van der Waals surface area contributed by atoms with Gasteiger partial charge in [-0.15, -0.1) is 13.2 Å². The summed E-state index contributed by atoms with van der Waals surface area (Å²) in [6.07, 6.45) is -0.991. The fraction of sp³-hybridized carbons (Fsp3) is 0.375. The Kier molecular flexibility index (Phi) is 4.76. The van der Waals surface area contributed by atoms with Gasteiger partial charge in [0.15, 0.2) is 0 Å². The number of aromatic nitrogens is 2. The number of hydrogen-bond acceptors (Lipinski definition) is 3. The van der Waals surface area contributed by atoms with Crippen molar-refractivity contribution in [2.45, 2.75) is 31.9 Å². The number of halogens is 4. The van der Waals surface area contributed by atoms with E-state index < -0.39 is 24.2 Å². The minimum atomic E-state index is -4.68. The molecule has 0 radical (unpaired) electrons. The molecule has 5 nitrogen and oxygen atoms in total. The van der Waals surface area contributed by atoms with E-state index in [1.54, 1.807) is 18.3 Å². The third-order valence-electron chi connectivity index (χ3n) is 4.03. The molecular weight excluding hydrogens is 342 g/mol. The van der Waals surface area contributed by atoms with E-state index >= 15 is 0 Å². The third-order valence-corrected chi connectivity index (χ3v) is 4.03. The van der Waals surface area contributed by atoms with Crippen LogP contribution in [0.15, 0.2) is 36.9 Å². The highest BCUT2D eigenvalue weighted by Gasteiger charge is 2.42. The standard InChI is InChI=1S/C16H15F4N3O2/c17-13-5-10(1-2-14(13)23-4-3-21-9-23)8-22-15(24)11-6-12(7-11)25-16(18,19)20/h1-5,9,11-12H,6-8H2,(H,22,24). The van der Waals surface area contributed by atoms with Crippen LogP contribution >= 0.6 is 0 Å². The smallest absolute Gasteiger partial charge is 0.352 e. The molecular formula is C16H15F4N3O2. The van der Waals surface area contributed by atoms with Gasteiger partial charge in [0.2, 0.25) is 5.91 Å². The Morgan fingerprint density at radius 2 is 2.12 bits per heavy atom. The largest absolute Gasteiger partial charge is 0.522 e. The second-order valence-corrected chi connectivity index (χ2v) is 5.83. The molecule has 1 aromatic heterocycles. The molecule has 134 valence electrons. The van der Waals surface area contributed by atoms with E-state index in [-0.39, 0.29) is 25.3 Å². The molecule has 0 bridgehead atoms. The lowest BCUT2D eigenvalue weighted by molar-refractivity contribution is -0.353. The van der Waals surface area contributed by atoms with Gasteiger partial charge < -0.3 is 9.88 Å². The average Bonchev–Trinajstić information content (AvgIpc) is 3.01. The van der Waals surface area contributed by atoms with Crippen LogP contribution < -0.4 is 5.32 Å². The molecule has 0 saturated heterocycles. The Bertz CT molecular complexity index is 740. The number of carbonyl (C=O) groups excluding carboxylic acids is 1. The summed E-state index contributed by atoms with van der Waals surface area (Å²) in [7, 11) is 0. The number of nitrogens with zero attached hydrogens (tertiary/aromatic N) is 2. The van der Waals surface area contributed by atoms with E-state index in [4.69, 9.17) is 0 Å². The predicted molar refractivity (Wildman–Crippen MR) is 79.0 cm³/mol. The highest BCUT2D eigenvalue weighted by atomic mass is 19.4. The van der Waals surface area contributed by atoms with Crippen molar-refractivity contribution in [2.75, 3.05) is 0 Å². The number of amides is 1. The fourth-order valence-electron chi connectivity index (χ4n) is 2.67. The molecule has 1 fully saturated rings. The molecule has 0 spiro atoms. The first kappa shape index (κ1) is 17.4. The maximum absolute atomic E-state index is 14.1. The lowest BCUT2D eigenvalue weighted by Gasteiger charge is -2.34. The molecule has 1 heterocycles. The van der Waals surface area contributed by atoms with Crippen molar-refractivity contribution in [2.24, 2.45) is 5.92 Å². The van der Waals surface area contributed by atoms with E-state index in [2.05, 4.69) is 15.0 Å². The Labute approximate surface area is 140 Å². The van der Waals surface area contributed by atoms with Crippen LogP contribution in [0.1, 0.15) is 18.4 Å². The van der Waals surface area contributed by atoms with E-state index in [9.17, 15) is 22.4 Å². The van der Waals surface area contributed by atoms with Crippen LogP contribution in [0.4, 0.5) is 17.6 Å². The Morgan fingerprint density at radius 1 is 1.36 bits per heavy atom. The highest BCUT2D eigenvalue weighted by Crippen LogP contribution is 2.34. The van der Waals surface area contributed by atoms with Gasteiger partial charge in [-0.25, -0.2) is 9.37 Å². The minimum Gasteiger partial charge on any atom is -0.352 e. The zero-order chi connectivity index (χ0) is 18.0. The predicted octanol–water partition coefficient (Wildman–Crippen LogP) is 2.94. The molecule has 1 saturated carbocycles. The molecule has 1 aliphatic carbocycles. The summed E-state index contributed by atoms with van der Waals surface area (Å²) >= 11 is 0. The molecule has 1 aliphatic rings. The Morgan fingerprint density at radius 3 is 2.72 bits per heavy atom. The number of alkyl halides is 3. The number of hydrogen-bond donors (Lipinski definition) is 1. The van der Waals surface area contributed by atoms with Gasteiger partial charge >= 0.3 is 6.36 Å². The highest BCUT2D eigenvalue weighted by molar-refractivity contribution is 5.79. The van der Waals surface area contributed by atoms with Crippen molar-refractivity contribution in [1.29, 1.82) is 0 Å². The van der Waals surface area contributed by atoms with Crippen LogP contribution in [0, 0.1) is 11.7 Å². The molecule has 25 heavy (non-hydrogen) atoms. The van der Waals surface area contributed by atoms with Crippen molar-refractivity contribution >= 4 is 5.91 Å². The van der Waals surface area contributed by atoms with Crippen molar-refractivity contribution in [3.63, 3.8) is 0 Å².